The number of nitrogens with zero attached hydrogens (tertiary/aromatic N) is 1. The molecule has 0 saturated carbocycles. The third-order valence-electron chi connectivity index (χ3n) is 6.24. The van der Waals surface area contributed by atoms with Crippen LogP contribution < -0.4 is 5.32 Å². The molecule has 3 atom stereocenters. The van der Waals surface area contributed by atoms with Crippen LogP contribution in [0.3, 0.4) is 0 Å². The van der Waals surface area contributed by atoms with E-state index < -0.39 is 5.41 Å². The predicted molar refractivity (Wildman–Crippen MR) is 111 cm³/mol. The molecule has 2 aliphatic heterocycles. The van der Waals surface area contributed by atoms with Gasteiger partial charge in [-0.2, -0.15) is 0 Å². The van der Waals surface area contributed by atoms with Gasteiger partial charge in [0, 0.05) is 25.4 Å². The highest BCUT2D eigenvalue weighted by molar-refractivity contribution is 6.08. The average molecular weight is 401 g/mol. The fourth-order valence-electron chi connectivity index (χ4n) is 4.72. The van der Waals surface area contributed by atoms with Crippen LogP contribution in [0.4, 0.5) is 0 Å². The first-order valence-corrected chi connectivity index (χ1v) is 10.6. The summed E-state index contributed by atoms with van der Waals surface area (Å²) in [6, 6.07) is 1.59. The number of nitrogens with one attached hydrogen (secondary N) is 1. The number of hydrogen-bond acceptors (Lipinski definition) is 4. The molecular formula is C23H32N2O4. The molecule has 2 amide bonds. The topological polar surface area (TPSA) is 82.8 Å². The van der Waals surface area contributed by atoms with E-state index in [1.807, 2.05) is 23.1 Å². The van der Waals surface area contributed by atoms with Crippen molar-refractivity contribution in [2.45, 2.75) is 56.9 Å². The number of carbonyl (C=O) groups excluding carboxylic acids is 2. The molecule has 3 rings (SSSR count). The average Bonchev–Trinajstić information content (AvgIpc) is 3.32. The second kappa shape index (κ2) is 9.44. The van der Waals surface area contributed by atoms with Crippen LogP contribution in [0.15, 0.2) is 42.1 Å². The van der Waals surface area contributed by atoms with Crippen molar-refractivity contribution in [3.8, 4) is 0 Å². The molecule has 1 spiro atoms. The lowest BCUT2D eigenvalue weighted by atomic mass is 9.66. The first-order chi connectivity index (χ1) is 14.1. The van der Waals surface area contributed by atoms with E-state index in [1.165, 1.54) is 0 Å². The standard InChI is InChI=1S/C23H32N2O4/c1-3-5-7-8-11-25-12-10-20(17-13-19(29-16-17)9-6-4-2)23(22(25)28)14-18(15-26)24-21(23)27/h3-4,13,16,18,20,26H,1-2,5-12,14-15H2,(H,24,27)/t18?,20-,23-/m0/s1. The molecule has 3 heterocycles. The Balaban J connectivity index is 1.85. The Hall–Kier alpha value is -2.34. The molecule has 0 radical (unpaired) electrons. The summed E-state index contributed by atoms with van der Waals surface area (Å²) in [5, 5.41) is 12.5. The predicted octanol–water partition coefficient (Wildman–Crippen LogP) is 2.94. The minimum Gasteiger partial charge on any atom is -0.469 e. The van der Waals surface area contributed by atoms with Crippen LogP contribution in [-0.4, -0.2) is 47.6 Å². The quantitative estimate of drug-likeness (QED) is 0.359. The van der Waals surface area contributed by atoms with Gasteiger partial charge in [-0.05, 0) is 50.2 Å². The van der Waals surface area contributed by atoms with E-state index in [4.69, 9.17) is 4.42 Å². The highest BCUT2D eigenvalue weighted by Gasteiger charge is 2.60. The van der Waals surface area contributed by atoms with E-state index in [1.54, 1.807) is 6.26 Å². The first kappa shape index (κ1) is 21.4. The van der Waals surface area contributed by atoms with Gasteiger partial charge < -0.3 is 19.7 Å². The van der Waals surface area contributed by atoms with E-state index in [9.17, 15) is 14.7 Å². The first-order valence-electron chi connectivity index (χ1n) is 10.6. The van der Waals surface area contributed by atoms with Crippen molar-refractivity contribution in [3.63, 3.8) is 0 Å². The maximum atomic E-state index is 13.6. The molecule has 2 N–H and O–H groups in total. The minimum absolute atomic E-state index is 0.116. The van der Waals surface area contributed by atoms with Crippen molar-refractivity contribution in [2.24, 2.45) is 5.41 Å². The molecule has 1 unspecified atom stereocenters. The van der Waals surface area contributed by atoms with Crippen LogP contribution in [-0.2, 0) is 16.0 Å². The zero-order valence-electron chi connectivity index (χ0n) is 17.1. The van der Waals surface area contributed by atoms with Crippen molar-refractivity contribution >= 4 is 11.8 Å². The molecule has 2 aliphatic rings. The van der Waals surface area contributed by atoms with E-state index in [2.05, 4.69) is 18.5 Å². The van der Waals surface area contributed by atoms with Crippen LogP contribution in [0.25, 0.3) is 0 Å². The Morgan fingerprint density at radius 3 is 2.76 bits per heavy atom. The number of aryl methyl sites for hydroxylation is 1. The summed E-state index contributed by atoms with van der Waals surface area (Å²) in [7, 11) is 0. The van der Waals surface area contributed by atoms with E-state index in [0.29, 0.717) is 25.9 Å². The lowest BCUT2D eigenvalue weighted by molar-refractivity contribution is -0.154. The summed E-state index contributed by atoms with van der Waals surface area (Å²) in [5.41, 5.74) is -0.263. The Labute approximate surface area is 172 Å². The number of hydrogen-bond donors (Lipinski definition) is 2. The summed E-state index contributed by atoms with van der Waals surface area (Å²) in [6.07, 6.45) is 10.8. The summed E-state index contributed by atoms with van der Waals surface area (Å²) in [6.45, 7) is 8.59. The number of piperidine rings is 1. The summed E-state index contributed by atoms with van der Waals surface area (Å²) < 4.78 is 5.70. The molecule has 29 heavy (non-hydrogen) atoms. The number of aliphatic hydroxyl groups is 1. The monoisotopic (exact) mass is 400 g/mol. The van der Waals surface area contributed by atoms with Crippen LogP contribution in [0.5, 0.6) is 0 Å². The number of unbranched alkanes of at least 4 members (excludes halogenated alkanes) is 2. The maximum absolute atomic E-state index is 13.6. The van der Waals surface area contributed by atoms with E-state index in [-0.39, 0.29) is 30.4 Å². The Bertz CT molecular complexity index is 756. The normalized spacial score (nSPS) is 26.7. The van der Waals surface area contributed by atoms with Gasteiger partial charge in [0.15, 0.2) is 0 Å². The molecular weight excluding hydrogens is 368 g/mol. The number of amides is 2. The van der Waals surface area contributed by atoms with Gasteiger partial charge in [-0.3, -0.25) is 9.59 Å². The SMILES string of the molecule is C=CCCCCN1CC[C@@H](c2coc(CCC=C)c2)[C@]2(CC(CO)NC2=O)C1=O. The molecule has 2 saturated heterocycles. The van der Waals surface area contributed by atoms with Crippen LogP contribution >= 0.6 is 0 Å². The summed E-state index contributed by atoms with van der Waals surface area (Å²) >= 11 is 0. The highest BCUT2D eigenvalue weighted by Crippen LogP contribution is 2.50. The Morgan fingerprint density at radius 1 is 1.28 bits per heavy atom. The largest absolute Gasteiger partial charge is 0.469 e. The maximum Gasteiger partial charge on any atom is 0.238 e. The minimum atomic E-state index is -1.16. The van der Waals surface area contributed by atoms with Crippen molar-refractivity contribution in [1.82, 2.24) is 10.2 Å². The Morgan fingerprint density at radius 2 is 2.07 bits per heavy atom. The number of allylic oxidation sites excluding steroid dienone is 2. The smallest absolute Gasteiger partial charge is 0.238 e. The van der Waals surface area contributed by atoms with Crippen LogP contribution in [0.1, 0.15) is 55.8 Å². The number of furan rings is 1. The number of likely N-dealkylation sites (tertiary alicyclic amines) is 1. The number of aliphatic hydroxyl groups excluding tert-OH is 1. The molecule has 1 aromatic heterocycles. The zero-order valence-corrected chi connectivity index (χ0v) is 17.1. The second-order valence-electron chi connectivity index (χ2n) is 8.12. The van der Waals surface area contributed by atoms with E-state index in [0.717, 1.165) is 43.4 Å². The molecule has 0 aromatic carbocycles. The second-order valence-corrected chi connectivity index (χ2v) is 8.12. The summed E-state index contributed by atoms with van der Waals surface area (Å²) in [5.74, 6) is 0.217. The molecule has 0 bridgehead atoms. The third kappa shape index (κ3) is 4.17. The number of rotatable bonds is 10. The van der Waals surface area contributed by atoms with Gasteiger partial charge in [0.1, 0.15) is 11.2 Å². The molecule has 6 heteroatoms. The van der Waals surface area contributed by atoms with Crippen molar-refractivity contribution in [2.75, 3.05) is 19.7 Å². The lowest BCUT2D eigenvalue weighted by Crippen LogP contribution is -2.56. The van der Waals surface area contributed by atoms with Crippen LogP contribution in [0, 0.1) is 5.41 Å². The zero-order chi connectivity index (χ0) is 20.9. The third-order valence-corrected chi connectivity index (χ3v) is 6.24. The van der Waals surface area contributed by atoms with Gasteiger partial charge >= 0.3 is 0 Å². The van der Waals surface area contributed by atoms with Crippen molar-refractivity contribution < 1.29 is 19.1 Å². The van der Waals surface area contributed by atoms with Crippen molar-refractivity contribution in [3.05, 3.63) is 49.0 Å². The molecule has 158 valence electrons. The fourth-order valence-corrected chi connectivity index (χ4v) is 4.72. The fraction of sp³-hybridized carbons (Fsp3) is 0.565. The molecule has 6 nitrogen and oxygen atoms in total. The summed E-state index contributed by atoms with van der Waals surface area (Å²) in [4.78, 5) is 28.5. The molecule has 1 aromatic rings. The van der Waals surface area contributed by atoms with Crippen LogP contribution in [0.2, 0.25) is 0 Å². The van der Waals surface area contributed by atoms with Gasteiger partial charge in [-0.1, -0.05) is 12.2 Å². The molecule has 2 fully saturated rings. The Kier molecular flexibility index (Phi) is 6.96. The highest BCUT2D eigenvalue weighted by atomic mass is 16.3. The van der Waals surface area contributed by atoms with Crippen molar-refractivity contribution in [1.29, 1.82) is 0 Å². The number of carbonyl (C=O) groups is 2. The van der Waals surface area contributed by atoms with Gasteiger partial charge in [0.25, 0.3) is 0 Å². The van der Waals surface area contributed by atoms with Gasteiger partial charge in [-0.15, -0.1) is 13.2 Å². The van der Waals surface area contributed by atoms with E-state index >= 15 is 0 Å². The lowest BCUT2D eigenvalue weighted by Gasteiger charge is -2.43. The molecule has 0 aliphatic carbocycles. The van der Waals surface area contributed by atoms with Gasteiger partial charge in [0.2, 0.25) is 11.8 Å². The van der Waals surface area contributed by atoms with Gasteiger partial charge in [-0.25, -0.2) is 0 Å². The van der Waals surface area contributed by atoms with Gasteiger partial charge in [0.05, 0.1) is 18.9 Å².